The molecule has 4 aromatic rings. The molecule has 0 atom stereocenters. The Morgan fingerprint density at radius 3 is 2.68 bits per heavy atom. The van der Waals surface area contributed by atoms with Gasteiger partial charge in [0, 0.05) is 23.1 Å². The van der Waals surface area contributed by atoms with Gasteiger partial charge in [0.2, 0.25) is 0 Å². The van der Waals surface area contributed by atoms with Gasteiger partial charge in [0.05, 0.1) is 0 Å². The topological polar surface area (TPSA) is 51.2 Å². The average Bonchev–Trinajstić information content (AvgIpc) is 3.29. The largest absolute Gasteiger partial charge is 0.489 e. The van der Waals surface area contributed by atoms with E-state index in [-0.39, 0.29) is 18.1 Å². The quantitative estimate of drug-likeness (QED) is 0.410. The van der Waals surface area contributed by atoms with Gasteiger partial charge >= 0.3 is 0 Å². The van der Waals surface area contributed by atoms with Crippen molar-refractivity contribution in [3.63, 3.8) is 0 Å². The summed E-state index contributed by atoms with van der Waals surface area (Å²) in [7, 11) is 0. The fourth-order valence-electron chi connectivity index (χ4n) is 2.91. The van der Waals surface area contributed by atoms with Crippen molar-refractivity contribution in [2.75, 3.05) is 0 Å². The molecule has 1 aromatic heterocycles. The molecular weight excluding hydrogens is 418 g/mol. The molecule has 0 fully saturated rings. The summed E-state index contributed by atoms with van der Waals surface area (Å²) >= 11 is 1.34. The summed E-state index contributed by atoms with van der Waals surface area (Å²) < 4.78 is 32.7. The summed E-state index contributed by atoms with van der Waals surface area (Å²) in [5, 5.41) is 5.21. The van der Waals surface area contributed by atoms with Gasteiger partial charge in [-0.15, -0.1) is 11.3 Å². The summed E-state index contributed by atoms with van der Waals surface area (Å²) in [4.78, 5) is 16.8. The fourth-order valence-corrected chi connectivity index (χ4v) is 3.71. The van der Waals surface area contributed by atoms with Crippen molar-refractivity contribution in [2.45, 2.75) is 13.2 Å². The molecular formula is C24H18F2N2O2S. The zero-order valence-electron chi connectivity index (χ0n) is 16.3. The van der Waals surface area contributed by atoms with Crippen molar-refractivity contribution in [1.29, 1.82) is 0 Å². The van der Waals surface area contributed by atoms with Crippen molar-refractivity contribution >= 4 is 17.2 Å². The second kappa shape index (κ2) is 9.49. The molecule has 0 saturated carbocycles. The molecule has 0 spiro atoms. The molecule has 4 rings (SSSR count). The van der Waals surface area contributed by atoms with Crippen LogP contribution in [0.25, 0.3) is 10.6 Å². The van der Waals surface area contributed by atoms with E-state index in [4.69, 9.17) is 4.74 Å². The fraction of sp³-hybridized carbons (Fsp3) is 0.0833. The standard InChI is InChI=1S/C24H18F2N2O2S/c25-19-9-10-21(26)18(11-19)14-30-20-8-4-7-17(12-20)24-28-22(15-31-24)23(29)27-13-16-5-2-1-3-6-16/h1-12,15H,13-14H2,(H,27,29). The van der Waals surface area contributed by atoms with E-state index in [1.54, 1.807) is 23.6 Å². The summed E-state index contributed by atoms with van der Waals surface area (Å²) in [5.74, 6) is -0.801. The molecule has 0 bridgehead atoms. The maximum Gasteiger partial charge on any atom is 0.271 e. The summed E-state index contributed by atoms with van der Waals surface area (Å²) in [6.45, 7) is 0.324. The number of benzene rings is 3. The number of aromatic nitrogens is 1. The summed E-state index contributed by atoms with van der Waals surface area (Å²) in [6, 6.07) is 20.0. The average molecular weight is 436 g/mol. The number of nitrogens with one attached hydrogen (secondary N) is 1. The highest BCUT2D eigenvalue weighted by Gasteiger charge is 2.12. The number of hydrogen-bond acceptors (Lipinski definition) is 4. The Hall–Kier alpha value is -3.58. The number of carbonyl (C=O) groups is 1. The van der Waals surface area contributed by atoms with Gasteiger partial charge in [-0.25, -0.2) is 13.8 Å². The molecule has 0 aliphatic heterocycles. The Bertz CT molecular complexity index is 1200. The first-order valence-corrected chi connectivity index (χ1v) is 10.4. The molecule has 0 unspecified atom stereocenters. The Morgan fingerprint density at radius 1 is 1.00 bits per heavy atom. The number of thiazole rings is 1. The zero-order valence-corrected chi connectivity index (χ0v) is 17.2. The van der Waals surface area contributed by atoms with Gasteiger partial charge in [-0.05, 0) is 35.9 Å². The van der Waals surface area contributed by atoms with Gasteiger partial charge in [0.15, 0.2) is 0 Å². The van der Waals surface area contributed by atoms with Crippen LogP contribution in [0.1, 0.15) is 21.6 Å². The number of hydrogen-bond donors (Lipinski definition) is 1. The molecule has 156 valence electrons. The molecule has 0 aliphatic carbocycles. The van der Waals surface area contributed by atoms with Crippen molar-refractivity contribution in [1.82, 2.24) is 10.3 Å². The highest BCUT2D eigenvalue weighted by Crippen LogP contribution is 2.27. The lowest BCUT2D eigenvalue weighted by atomic mass is 10.2. The normalized spacial score (nSPS) is 10.6. The van der Waals surface area contributed by atoms with Crippen molar-refractivity contribution in [3.8, 4) is 16.3 Å². The SMILES string of the molecule is O=C(NCc1ccccc1)c1csc(-c2cccc(OCc3cc(F)ccc3F)c2)n1. The molecule has 4 nitrogen and oxygen atoms in total. The Morgan fingerprint density at radius 2 is 1.84 bits per heavy atom. The Balaban J connectivity index is 1.41. The van der Waals surface area contributed by atoms with Gasteiger partial charge < -0.3 is 10.1 Å². The van der Waals surface area contributed by atoms with E-state index in [2.05, 4.69) is 10.3 Å². The molecule has 7 heteroatoms. The minimum Gasteiger partial charge on any atom is -0.489 e. The maximum absolute atomic E-state index is 13.8. The van der Waals surface area contributed by atoms with Crippen LogP contribution >= 0.6 is 11.3 Å². The molecule has 0 aliphatic rings. The lowest BCUT2D eigenvalue weighted by Crippen LogP contribution is -2.23. The highest BCUT2D eigenvalue weighted by atomic mass is 32.1. The zero-order chi connectivity index (χ0) is 21.6. The number of nitrogens with zero attached hydrogens (tertiary/aromatic N) is 1. The summed E-state index contributed by atoms with van der Waals surface area (Å²) in [6.07, 6.45) is 0. The van der Waals surface area contributed by atoms with Crippen molar-refractivity contribution in [3.05, 3.63) is 107 Å². The van der Waals surface area contributed by atoms with Gasteiger partial charge in [-0.2, -0.15) is 0 Å². The predicted molar refractivity (Wildman–Crippen MR) is 116 cm³/mol. The highest BCUT2D eigenvalue weighted by molar-refractivity contribution is 7.13. The van der Waals surface area contributed by atoms with E-state index in [1.807, 2.05) is 36.4 Å². The third-order valence-electron chi connectivity index (χ3n) is 4.52. The second-order valence-corrected chi connectivity index (χ2v) is 7.62. The lowest BCUT2D eigenvalue weighted by Gasteiger charge is -2.08. The predicted octanol–water partition coefficient (Wildman–Crippen LogP) is 5.60. The van der Waals surface area contributed by atoms with E-state index < -0.39 is 11.6 Å². The molecule has 1 amide bonds. The van der Waals surface area contributed by atoms with E-state index in [1.165, 1.54) is 11.3 Å². The molecule has 0 saturated heterocycles. The first-order chi connectivity index (χ1) is 15.1. The summed E-state index contributed by atoms with van der Waals surface area (Å²) in [5.41, 5.74) is 2.25. The first kappa shape index (κ1) is 20.7. The van der Waals surface area contributed by atoms with Crippen LogP contribution in [0.3, 0.4) is 0 Å². The van der Waals surface area contributed by atoms with Crippen LogP contribution < -0.4 is 10.1 Å². The number of amides is 1. The monoisotopic (exact) mass is 436 g/mol. The van der Waals surface area contributed by atoms with Crippen molar-refractivity contribution in [2.24, 2.45) is 0 Å². The van der Waals surface area contributed by atoms with E-state index >= 15 is 0 Å². The Kier molecular flexibility index (Phi) is 6.33. The van der Waals surface area contributed by atoms with Gasteiger partial charge in [-0.1, -0.05) is 42.5 Å². The number of rotatable bonds is 7. The number of ether oxygens (including phenoxy) is 1. The first-order valence-electron chi connectivity index (χ1n) is 9.53. The molecule has 3 aromatic carbocycles. The Labute approximate surface area is 182 Å². The van der Waals surface area contributed by atoms with Crippen LogP contribution in [-0.2, 0) is 13.2 Å². The second-order valence-electron chi connectivity index (χ2n) is 6.76. The minimum absolute atomic E-state index is 0.0991. The maximum atomic E-state index is 13.8. The third-order valence-corrected chi connectivity index (χ3v) is 5.41. The van der Waals surface area contributed by atoms with E-state index in [0.717, 1.165) is 29.3 Å². The smallest absolute Gasteiger partial charge is 0.271 e. The van der Waals surface area contributed by atoms with Crippen LogP contribution in [-0.4, -0.2) is 10.9 Å². The van der Waals surface area contributed by atoms with Gasteiger partial charge in [-0.3, -0.25) is 4.79 Å². The molecule has 31 heavy (non-hydrogen) atoms. The van der Waals surface area contributed by atoms with E-state index in [0.29, 0.717) is 23.0 Å². The van der Waals surface area contributed by atoms with Crippen LogP contribution in [0, 0.1) is 11.6 Å². The van der Waals surface area contributed by atoms with Gasteiger partial charge in [0.25, 0.3) is 5.91 Å². The number of halogens is 2. The third kappa shape index (κ3) is 5.32. The number of carbonyl (C=O) groups excluding carboxylic acids is 1. The lowest BCUT2D eigenvalue weighted by molar-refractivity contribution is 0.0946. The van der Waals surface area contributed by atoms with Crippen molar-refractivity contribution < 1.29 is 18.3 Å². The van der Waals surface area contributed by atoms with Gasteiger partial charge in [0.1, 0.15) is 34.7 Å². The van der Waals surface area contributed by atoms with Crippen LogP contribution in [0.15, 0.2) is 78.2 Å². The molecule has 0 radical (unpaired) electrons. The van der Waals surface area contributed by atoms with Crippen LogP contribution in [0.5, 0.6) is 5.75 Å². The van der Waals surface area contributed by atoms with E-state index in [9.17, 15) is 13.6 Å². The van der Waals surface area contributed by atoms with Crippen LogP contribution in [0.2, 0.25) is 0 Å². The minimum atomic E-state index is -0.524. The molecule has 1 heterocycles. The van der Waals surface area contributed by atoms with Crippen LogP contribution in [0.4, 0.5) is 8.78 Å². The molecule has 1 N–H and O–H groups in total.